The lowest BCUT2D eigenvalue weighted by Gasteiger charge is -2.34. The van der Waals surface area contributed by atoms with Gasteiger partial charge in [0.2, 0.25) is 10.0 Å². The van der Waals surface area contributed by atoms with Gasteiger partial charge in [-0.15, -0.1) is 11.3 Å². The molecule has 2 atom stereocenters. The minimum atomic E-state index is -3.21. The van der Waals surface area contributed by atoms with E-state index in [1.54, 1.807) is 15.6 Å². The fourth-order valence-electron chi connectivity index (χ4n) is 2.36. The molecule has 0 saturated carbocycles. The van der Waals surface area contributed by atoms with Crippen LogP contribution in [0.25, 0.3) is 0 Å². The molecule has 0 aliphatic carbocycles. The molecule has 120 valence electrons. The minimum Gasteiger partial charge on any atom is -0.373 e. The van der Waals surface area contributed by atoms with E-state index in [1.165, 1.54) is 0 Å². The summed E-state index contributed by atoms with van der Waals surface area (Å²) in [4.78, 5) is 0. The quantitative estimate of drug-likeness (QED) is 0.747. The van der Waals surface area contributed by atoms with E-state index >= 15 is 0 Å². The lowest BCUT2D eigenvalue weighted by Crippen LogP contribution is -2.49. The number of halogens is 1. The predicted molar refractivity (Wildman–Crippen MR) is 89.1 cm³/mol. The van der Waals surface area contributed by atoms with E-state index in [0.29, 0.717) is 26.2 Å². The molecule has 1 aliphatic heterocycles. The van der Waals surface area contributed by atoms with Crippen LogP contribution in [0.15, 0.2) is 15.2 Å². The largest absolute Gasteiger partial charge is 0.373 e. The number of morpholine rings is 1. The normalized spacial score (nSPS) is 24.3. The molecule has 1 N–H and O–H groups in total. The summed E-state index contributed by atoms with van der Waals surface area (Å²) in [5, 5.41) is 5.23. The van der Waals surface area contributed by atoms with Crippen LogP contribution in [0.3, 0.4) is 0 Å². The summed E-state index contributed by atoms with van der Waals surface area (Å²) in [6, 6.07) is 2.04. The molecule has 0 radical (unpaired) electrons. The summed E-state index contributed by atoms with van der Waals surface area (Å²) in [7, 11) is -3.21. The fraction of sp³-hybridized carbons (Fsp3) is 0.692. The molecule has 2 heterocycles. The van der Waals surface area contributed by atoms with Crippen molar-refractivity contribution in [3.63, 3.8) is 0 Å². The summed E-state index contributed by atoms with van der Waals surface area (Å²) >= 11 is 5.04. The van der Waals surface area contributed by atoms with Crippen LogP contribution in [-0.2, 0) is 21.3 Å². The van der Waals surface area contributed by atoms with Crippen LogP contribution in [0.2, 0.25) is 0 Å². The molecular weight excluding hydrogens is 376 g/mol. The summed E-state index contributed by atoms with van der Waals surface area (Å²) in [5.74, 6) is 0.123. The van der Waals surface area contributed by atoms with Gasteiger partial charge in [0.25, 0.3) is 0 Å². The van der Waals surface area contributed by atoms with E-state index in [-0.39, 0.29) is 18.0 Å². The third kappa shape index (κ3) is 5.30. The van der Waals surface area contributed by atoms with E-state index in [9.17, 15) is 8.42 Å². The molecule has 0 spiro atoms. The zero-order valence-corrected chi connectivity index (χ0v) is 15.4. The molecule has 0 aromatic carbocycles. The second kappa shape index (κ2) is 7.52. The van der Waals surface area contributed by atoms with Crippen molar-refractivity contribution in [3.8, 4) is 0 Å². The monoisotopic (exact) mass is 396 g/mol. The molecule has 2 rings (SSSR count). The Morgan fingerprint density at radius 2 is 2.10 bits per heavy atom. The highest BCUT2D eigenvalue weighted by atomic mass is 79.9. The highest BCUT2D eigenvalue weighted by Gasteiger charge is 2.30. The van der Waals surface area contributed by atoms with Gasteiger partial charge in [0, 0.05) is 26.2 Å². The standard InChI is InChI=1S/C13H21BrN2O3S2/c1-10-7-16(8-11(2)19-10)21(17,18)4-3-15-6-12-5-13(14)20-9-12/h5,9-11,15H,3-4,6-8H2,1-2H3. The van der Waals surface area contributed by atoms with Crippen LogP contribution >= 0.6 is 27.3 Å². The van der Waals surface area contributed by atoms with Gasteiger partial charge in [-0.2, -0.15) is 4.31 Å². The summed E-state index contributed by atoms with van der Waals surface area (Å²) < 4.78 is 32.8. The van der Waals surface area contributed by atoms with Gasteiger partial charge in [0.1, 0.15) is 0 Å². The average Bonchev–Trinajstić information content (AvgIpc) is 2.79. The van der Waals surface area contributed by atoms with Crippen molar-refractivity contribution < 1.29 is 13.2 Å². The van der Waals surface area contributed by atoms with E-state index < -0.39 is 10.0 Å². The number of hydrogen-bond acceptors (Lipinski definition) is 5. The number of rotatable bonds is 6. The minimum absolute atomic E-state index is 0.0420. The molecule has 0 bridgehead atoms. The number of hydrogen-bond donors (Lipinski definition) is 1. The summed E-state index contributed by atoms with van der Waals surface area (Å²) in [5.41, 5.74) is 1.16. The molecule has 2 unspecified atom stereocenters. The Balaban J connectivity index is 1.78. The van der Waals surface area contributed by atoms with Crippen molar-refractivity contribution >= 4 is 37.3 Å². The van der Waals surface area contributed by atoms with E-state index in [1.807, 2.05) is 19.9 Å². The molecule has 0 amide bonds. The van der Waals surface area contributed by atoms with Crippen molar-refractivity contribution in [1.82, 2.24) is 9.62 Å². The first-order valence-corrected chi connectivity index (χ1v) is 10.2. The lowest BCUT2D eigenvalue weighted by atomic mass is 10.3. The molecule has 1 aromatic rings. The van der Waals surface area contributed by atoms with Crippen LogP contribution in [-0.4, -0.2) is 50.3 Å². The van der Waals surface area contributed by atoms with Crippen molar-refractivity contribution in [2.75, 3.05) is 25.4 Å². The Morgan fingerprint density at radius 3 is 2.67 bits per heavy atom. The molecular formula is C13H21BrN2O3S2. The van der Waals surface area contributed by atoms with Crippen molar-refractivity contribution in [2.24, 2.45) is 0 Å². The topological polar surface area (TPSA) is 58.6 Å². The Bertz CT molecular complexity index is 552. The fourth-order valence-corrected chi connectivity index (χ4v) is 5.10. The van der Waals surface area contributed by atoms with Gasteiger partial charge in [-0.25, -0.2) is 8.42 Å². The van der Waals surface area contributed by atoms with Gasteiger partial charge in [-0.1, -0.05) is 0 Å². The highest BCUT2D eigenvalue weighted by molar-refractivity contribution is 9.11. The van der Waals surface area contributed by atoms with Crippen LogP contribution < -0.4 is 5.32 Å². The molecule has 21 heavy (non-hydrogen) atoms. The maximum Gasteiger partial charge on any atom is 0.215 e. The number of nitrogens with zero attached hydrogens (tertiary/aromatic N) is 1. The SMILES string of the molecule is CC1CN(S(=O)(=O)CCNCc2csc(Br)c2)CC(C)O1. The third-order valence-electron chi connectivity index (χ3n) is 3.27. The Morgan fingerprint density at radius 1 is 1.43 bits per heavy atom. The van der Waals surface area contributed by atoms with Gasteiger partial charge in [0.15, 0.2) is 0 Å². The van der Waals surface area contributed by atoms with Gasteiger partial charge in [-0.3, -0.25) is 0 Å². The molecule has 1 aliphatic rings. The van der Waals surface area contributed by atoms with Crippen LogP contribution in [0, 0.1) is 0 Å². The molecule has 1 saturated heterocycles. The van der Waals surface area contributed by atoms with Gasteiger partial charge >= 0.3 is 0 Å². The average molecular weight is 397 g/mol. The zero-order chi connectivity index (χ0) is 15.5. The smallest absolute Gasteiger partial charge is 0.215 e. The first-order valence-electron chi connectivity index (χ1n) is 6.94. The van der Waals surface area contributed by atoms with Crippen molar-refractivity contribution in [2.45, 2.75) is 32.6 Å². The van der Waals surface area contributed by atoms with Crippen LogP contribution in [0.1, 0.15) is 19.4 Å². The van der Waals surface area contributed by atoms with Crippen molar-refractivity contribution in [1.29, 1.82) is 0 Å². The second-order valence-corrected chi connectivity index (χ2v) is 9.71. The molecule has 8 heteroatoms. The second-order valence-electron chi connectivity index (χ2n) is 5.33. The molecule has 5 nitrogen and oxygen atoms in total. The number of nitrogens with one attached hydrogen (secondary N) is 1. The van der Waals surface area contributed by atoms with E-state index in [2.05, 4.69) is 26.6 Å². The molecule has 1 aromatic heterocycles. The van der Waals surface area contributed by atoms with Crippen LogP contribution in [0.5, 0.6) is 0 Å². The molecule has 1 fully saturated rings. The van der Waals surface area contributed by atoms with Gasteiger partial charge in [0.05, 0.1) is 21.7 Å². The summed E-state index contributed by atoms with van der Waals surface area (Å²) in [6.07, 6.45) is -0.0840. The Kier molecular flexibility index (Phi) is 6.22. The lowest BCUT2D eigenvalue weighted by molar-refractivity contribution is -0.0440. The van der Waals surface area contributed by atoms with Gasteiger partial charge in [-0.05, 0) is 46.8 Å². The number of ether oxygens (including phenoxy) is 1. The zero-order valence-electron chi connectivity index (χ0n) is 12.2. The first-order chi connectivity index (χ1) is 9.87. The van der Waals surface area contributed by atoms with E-state index in [4.69, 9.17) is 4.74 Å². The third-order valence-corrected chi connectivity index (χ3v) is 6.63. The number of thiophene rings is 1. The first kappa shape index (κ1) is 17.4. The van der Waals surface area contributed by atoms with Crippen LogP contribution in [0.4, 0.5) is 0 Å². The predicted octanol–water partition coefficient (Wildman–Crippen LogP) is 2.04. The summed E-state index contributed by atoms with van der Waals surface area (Å²) in [6.45, 7) is 5.85. The maximum absolute atomic E-state index is 12.3. The Labute approximate surface area is 138 Å². The van der Waals surface area contributed by atoms with Gasteiger partial charge < -0.3 is 10.1 Å². The maximum atomic E-state index is 12.3. The Hall–Kier alpha value is 0.01000. The van der Waals surface area contributed by atoms with Crippen molar-refractivity contribution in [3.05, 3.63) is 20.8 Å². The number of sulfonamides is 1. The van der Waals surface area contributed by atoms with E-state index in [0.717, 1.165) is 9.35 Å². The highest BCUT2D eigenvalue weighted by Crippen LogP contribution is 2.20.